The summed E-state index contributed by atoms with van der Waals surface area (Å²) in [6, 6.07) is 27.0. The second-order valence-corrected chi connectivity index (χ2v) is 8.52. The molecule has 0 heterocycles. The van der Waals surface area contributed by atoms with Crippen LogP contribution in [-0.2, 0) is 0 Å². The van der Waals surface area contributed by atoms with E-state index in [2.05, 4.69) is 86.6 Å². The van der Waals surface area contributed by atoms with Crippen LogP contribution in [0.15, 0.2) is 72.8 Å². The molecule has 2 fully saturated rings. The third-order valence-corrected chi connectivity index (χ3v) is 6.75. The quantitative estimate of drug-likeness (QED) is 0.480. The molecular weight excluding hydrogens is 312 g/mol. The summed E-state index contributed by atoms with van der Waals surface area (Å²) in [5.41, 5.74) is 3.03. The molecule has 2 radical (unpaired) electrons. The fourth-order valence-corrected chi connectivity index (χ4v) is 5.85. The summed E-state index contributed by atoms with van der Waals surface area (Å²) in [4.78, 5) is 0. The van der Waals surface area contributed by atoms with Crippen LogP contribution in [0.25, 0.3) is 10.8 Å². The van der Waals surface area contributed by atoms with Gasteiger partial charge in [0.05, 0.1) is 0 Å². The number of fused-ring (bicyclic) bond motifs is 2. The lowest BCUT2D eigenvalue weighted by atomic mass is 9.68. The topological polar surface area (TPSA) is 0 Å². The van der Waals surface area contributed by atoms with Crippen LogP contribution in [0.5, 0.6) is 0 Å². The third-order valence-electron chi connectivity index (χ3n) is 6.75. The summed E-state index contributed by atoms with van der Waals surface area (Å²) in [6.45, 7) is 4.91. The van der Waals surface area contributed by atoms with Gasteiger partial charge >= 0.3 is 0 Å². The Balaban J connectivity index is 1.63. The van der Waals surface area contributed by atoms with E-state index in [1.807, 2.05) is 0 Å². The molecule has 26 heavy (non-hydrogen) atoms. The smallest absolute Gasteiger partial charge is 0.0149 e. The van der Waals surface area contributed by atoms with Gasteiger partial charge in [-0.15, -0.1) is 0 Å². The standard InChI is InChI=1S/C26H26/c1-26(2)24(19-10-4-3-5-11-19)22-13-8-14-23(22)25(26)21-16-15-18-9-6-7-12-20(18)17-21/h3-7,9-12,15-17,22-23H,8,13-14H2,1-2H3. The van der Waals surface area contributed by atoms with Crippen molar-refractivity contribution in [1.29, 1.82) is 0 Å². The fourth-order valence-electron chi connectivity index (χ4n) is 5.85. The van der Waals surface area contributed by atoms with E-state index in [0.29, 0.717) is 11.8 Å². The predicted octanol–water partition coefficient (Wildman–Crippen LogP) is 6.84. The summed E-state index contributed by atoms with van der Waals surface area (Å²) in [7, 11) is 0. The highest BCUT2D eigenvalue weighted by molar-refractivity contribution is 5.83. The summed E-state index contributed by atoms with van der Waals surface area (Å²) in [5.74, 6) is 4.77. The Bertz CT molecular complexity index is 921. The monoisotopic (exact) mass is 338 g/mol. The van der Waals surface area contributed by atoms with Gasteiger partial charge in [-0.1, -0.05) is 93.1 Å². The van der Waals surface area contributed by atoms with Crippen LogP contribution in [-0.4, -0.2) is 0 Å². The average Bonchev–Trinajstić information content (AvgIpc) is 3.18. The first kappa shape index (κ1) is 16.1. The minimum atomic E-state index is 0.125. The molecule has 2 aliphatic rings. The van der Waals surface area contributed by atoms with Gasteiger partial charge in [0.15, 0.2) is 0 Å². The maximum atomic E-state index is 2.46. The van der Waals surface area contributed by atoms with Gasteiger partial charge in [-0.3, -0.25) is 0 Å². The van der Waals surface area contributed by atoms with Crippen LogP contribution >= 0.6 is 0 Å². The predicted molar refractivity (Wildman–Crippen MR) is 110 cm³/mol. The Labute approximate surface area is 157 Å². The summed E-state index contributed by atoms with van der Waals surface area (Å²) in [6.07, 6.45) is 4.04. The molecule has 3 aromatic carbocycles. The van der Waals surface area contributed by atoms with E-state index in [0.717, 1.165) is 0 Å². The van der Waals surface area contributed by atoms with Crippen molar-refractivity contribution >= 4 is 10.8 Å². The van der Waals surface area contributed by atoms with E-state index >= 15 is 0 Å². The third kappa shape index (κ3) is 2.35. The van der Waals surface area contributed by atoms with Crippen molar-refractivity contribution in [2.24, 2.45) is 17.3 Å². The summed E-state index contributed by atoms with van der Waals surface area (Å²) in [5, 5.41) is 2.69. The molecule has 0 spiro atoms. The first-order chi connectivity index (χ1) is 12.7. The highest BCUT2D eigenvalue weighted by atomic mass is 14.6. The molecule has 2 unspecified atom stereocenters. The van der Waals surface area contributed by atoms with E-state index in [1.54, 1.807) is 11.8 Å². The molecule has 0 nitrogen and oxygen atoms in total. The van der Waals surface area contributed by atoms with Crippen LogP contribution in [0.3, 0.4) is 0 Å². The second kappa shape index (κ2) is 5.98. The molecule has 0 amide bonds. The molecule has 2 atom stereocenters. The van der Waals surface area contributed by atoms with Crippen molar-refractivity contribution < 1.29 is 0 Å². The van der Waals surface area contributed by atoms with Gasteiger partial charge in [0.25, 0.3) is 0 Å². The first-order valence-electron chi connectivity index (χ1n) is 9.95. The summed E-state index contributed by atoms with van der Waals surface area (Å²) >= 11 is 0. The van der Waals surface area contributed by atoms with Crippen molar-refractivity contribution in [3.63, 3.8) is 0 Å². The highest BCUT2D eigenvalue weighted by Gasteiger charge is 2.57. The maximum Gasteiger partial charge on any atom is 0.0149 e. The van der Waals surface area contributed by atoms with Crippen molar-refractivity contribution in [3.8, 4) is 0 Å². The Morgan fingerprint density at radius 1 is 0.654 bits per heavy atom. The average molecular weight is 338 g/mol. The summed E-state index contributed by atoms with van der Waals surface area (Å²) < 4.78 is 0. The normalized spacial score (nSPS) is 25.6. The Kier molecular flexibility index (Phi) is 3.71. The van der Waals surface area contributed by atoms with E-state index in [9.17, 15) is 0 Å². The van der Waals surface area contributed by atoms with Crippen LogP contribution in [0, 0.1) is 29.1 Å². The molecule has 0 aromatic heterocycles. The largest absolute Gasteiger partial charge is 0.0622 e. The Morgan fingerprint density at radius 2 is 1.27 bits per heavy atom. The minimum Gasteiger partial charge on any atom is -0.0622 e. The van der Waals surface area contributed by atoms with Crippen molar-refractivity contribution in [2.45, 2.75) is 33.1 Å². The zero-order chi connectivity index (χ0) is 17.7. The lowest BCUT2D eigenvalue weighted by Gasteiger charge is -2.35. The number of hydrogen-bond donors (Lipinski definition) is 0. The Hall–Kier alpha value is -2.08. The molecule has 0 heteroatoms. The molecule has 0 bridgehead atoms. The molecule has 0 saturated heterocycles. The van der Waals surface area contributed by atoms with Gasteiger partial charge in [0.2, 0.25) is 0 Å². The maximum absolute atomic E-state index is 2.46. The van der Waals surface area contributed by atoms with Crippen molar-refractivity contribution in [2.75, 3.05) is 0 Å². The molecule has 5 rings (SSSR count). The fraction of sp³-hybridized carbons (Fsp3) is 0.308. The van der Waals surface area contributed by atoms with Gasteiger partial charge in [0.1, 0.15) is 0 Å². The lowest BCUT2D eigenvalue weighted by Crippen LogP contribution is -2.26. The van der Waals surface area contributed by atoms with Crippen molar-refractivity contribution in [1.82, 2.24) is 0 Å². The zero-order valence-electron chi connectivity index (χ0n) is 15.7. The minimum absolute atomic E-state index is 0.125. The second-order valence-electron chi connectivity index (χ2n) is 8.52. The van der Waals surface area contributed by atoms with Crippen LogP contribution < -0.4 is 0 Å². The SMILES string of the molecule is CC1(C)[C](c2ccccc2)C2CCCC2[C]1c1ccc2ccccc2c1. The molecule has 0 N–H and O–H groups in total. The molecule has 130 valence electrons. The van der Waals surface area contributed by atoms with Crippen molar-refractivity contribution in [3.05, 3.63) is 95.8 Å². The zero-order valence-corrected chi connectivity index (χ0v) is 15.7. The van der Waals surface area contributed by atoms with Gasteiger partial charge in [-0.05, 0) is 52.0 Å². The van der Waals surface area contributed by atoms with Gasteiger partial charge in [-0.2, -0.15) is 0 Å². The Morgan fingerprint density at radius 3 is 2.00 bits per heavy atom. The molecule has 0 aliphatic heterocycles. The van der Waals surface area contributed by atoms with Gasteiger partial charge in [-0.25, -0.2) is 0 Å². The van der Waals surface area contributed by atoms with Crippen LogP contribution in [0.4, 0.5) is 0 Å². The van der Waals surface area contributed by atoms with E-state index in [1.165, 1.54) is 41.2 Å². The van der Waals surface area contributed by atoms with E-state index < -0.39 is 0 Å². The number of rotatable bonds is 2. The first-order valence-corrected chi connectivity index (χ1v) is 9.95. The van der Waals surface area contributed by atoms with E-state index in [-0.39, 0.29) is 5.41 Å². The molecule has 2 saturated carbocycles. The molecular formula is C26H26. The number of hydrogen-bond acceptors (Lipinski definition) is 0. The molecule has 2 aliphatic carbocycles. The van der Waals surface area contributed by atoms with Gasteiger partial charge < -0.3 is 0 Å². The van der Waals surface area contributed by atoms with Gasteiger partial charge in [0, 0.05) is 11.8 Å². The lowest BCUT2D eigenvalue weighted by molar-refractivity contribution is 0.437. The number of benzene rings is 3. The van der Waals surface area contributed by atoms with Crippen LogP contribution in [0.1, 0.15) is 44.2 Å². The van der Waals surface area contributed by atoms with E-state index in [4.69, 9.17) is 0 Å². The van der Waals surface area contributed by atoms with Crippen LogP contribution in [0.2, 0.25) is 0 Å². The molecule has 3 aromatic rings. The highest BCUT2D eigenvalue weighted by Crippen LogP contribution is 2.66.